The molecule has 5 atom stereocenters. The van der Waals surface area contributed by atoms with E-state index in [1.165, 1.54) is 0 Å². The second kappa shape index (κ2) is 7.83. The van der Waals surface area contributed by atoms with Crippen molar-refractivity contribution in [1.82, 2.24) is 9.55 Å². The Labute approximate surface area is 138 Å². The summed E-state index contributed by atoms with van der Waals surface area (Å²) in [7, 11) is -5.01. The zero-order chi connectivity index (χ0) is 18.8. The van der Waals surface area contributed by atoms with Crippen molar-refractivity contribution in [3.63, 3.8) is 0 Å². The highest BCUT2D eigenvalue weighted by Crippen LogP contribution is 2.48. The molecule has 0 radical (unpaired) electrons. The monoisotopic (exact) mass is 387 g/mol. The molecule has 0 spiro atoms. The lowest BCUT2D eigenvalue weighted by Gasteiger charge is -2.22. The van der Waals surface area contributed by atoms with E-state index < -0.39 is 63.6 Å². The Kier molecular flexibility index (Phi) is 6.21. The van der Waals surface area contributed by atoms with E-state index in [4.69, 9.17) is 4.74 Å². The number of halogens is 2. The van der Waals surface area contributed by atoms with Gasteiger partial charge in [0.05, 0.1) is 6.61 Å². The van der Waals surface area contributed by atoms with Gasteiger partial charge in [0, 0.05) is 6.20 Å². The molecule has 0 aromatic carbocycles. The number of hydrogen-bond acceptors (Lipinski definition) is 9. The summed E-state index contributed by atoms with van der Waals surface area (Å²) in [5.74, 6) is -0.833. The molecule has 0 aliphatic carbocycles. The zero-order valence-corrected chi connectivity index (χ0v) is 13.2. The van der Waals surface area contributed by atoms with E-state index in [1.54, 1.807) is 0 Å². The molecule has 142 valence electrons. The fourth-order valence-electron chi connectivity index (χ4n) is 2.15. The molecular formula is C11H14F2N2O9P-. The van der Waals surface area contributed by atoms with Gasteiger partial charge in [0.2, 0.25) is 0 Å². The second-order valence-corrected chi connectivity index (χ2v) is 6.33. The van der Waals surface area contributed by atoms with Gasteiger partial charge in [0.15, 0.2) is 6.23 Å². The smallest absolute Gasteiger partial charge is 0.472 e. The number of alkyl halides is 2. The summed E-state index contributed by atoms with van der Waals surface area (Å²) >= 11 is 0. The predicted octanol–water partition coefficient (Wildman–Crippen LogP) is -1.67. The minimum absolute atomic E-state index is 0.709. The van der Waals surface area contributed by atoms with Crippen LogP contribution in [0, 0.1) is 0 Å². The summed E-state index contributed by atoms with van der Waals surface area (Å²) in [6.45, 7) is -2.19. The van der Waals surface area contributed by atoms with Gasteiger partial charge in [-0.1, -0.05) is 0 Å². The van der Waals surface area contributed by atoms with E-state index in [2.05, 4.69) is 14.0 Å². The van der Waals surface area contributed by atoms with Crippen molar-refractivity contribution in [2.75, 3.05) is 13.2 Å². The molecule has 1 fully saturated rings. The first-order chi connectivity index (χ1) is 11.6. The number of aliphatic hydroxyl groups excluding tert-OH is 2. The molecule has 11 nitrogen and oxygen atoms in total. The first kappa shape index (κ1) is 19.8. The van der Waals surface area contributed by atoms with Crippen molar-refractivity contribution in [3.05, 3.63) is 22.7 Å². The molecule has 25 heavy (non-hydrogen) atoms. The Morgan fingerprint density at radius 2 is 2.20 bits per heavy atom. The minimum atomic E-state index is -5.01. The zero-order valence-electron chi connectivity index (χ0n) is 12.3. The molecule has 1 aliphatic rings. The fraction of sp³-hybridized carbons (Fsp3) is 0.636. The molecule has 1 aliphatic heterocycles. The van der Waals surface area contributed by atoms with Crippen molar-refractivity contribution in [2.45, 2.75) is 31.0 Å². The molecule has 3 N–H and O–H groups in total. The number of ether oxygens (including phenoxy) is 1. The number of aliphatic hydroxyl groups is 2. The average Bonchev–Trinajstić information content (AvgIpc) is 2.82. The number of rotatable bonds is 7. The molecule has 2 rings (SSSR count). The Balaban J connectivity index is 2.19. The van der Waals surface area contributed by atoms with Crippen molar-refractivity contribution < 1.29 is 47.3 Å². The van der Waals surface area contributed by atoms with E-state index in [1.807, 2.05) is 0 Å². The predicted molar refractivity (Wildman–Crippen MR) is 71.6 cm³/mol. The van der Waals surface area contributed by atoms with E-state index in [9.17, 15) is 38.4 Å². The van der Waals surface area contributed by atoms with Gasteiger partial charge in [-0.05, 0) is 11.9 Å². The first-order valence-electron chi connectivity index (χ1n) is 6.79. The maximum atomic E-state index is 12.1. The van der Waals surface area contributed by atoms with Crippen LogP contribution in [0.5, 0.6) is 5.88 Å². The molecule has 2 heterocycles. The van der Waals surface area contributed by atoms with Crippen LogP contribution >= 0.6 is 7.82 Å². The van der Waals surface area contributed by atoms with Gasteiger partial charge in [-0.2, -0.15) is 0 Å². The van der Waals surface area contributed by atoms with E-state index in [-0.39, 0.29) is 0 Å². The highest BCUT2D eigenvalue weighted by Gasteiger charge is 2.49. The standard InChI is InChI=1S/C11H15F2N2O9P/c12-6(13)4-22-25(20,21)24-9-5(3-16)23-10(8(9)18)15-2-1-7(17)14-11(15)19/h1-2,5-6,8-10,16,18H,3-4H2,(H,20,21)(H,14,17,19)/p-1/t5-,8-,9-,10-/m1/s1. The highest BCUT2D eigenvalue weighted by atomic mass is 31.2. The average molecular weight is 387 g/mol. The molecule has 1 saturated heterocycles. The van der Waals surface area contributed by atoms with Crippen molar-refractivity contribution in [3.8, 4) is 5.88 Å². The SMILES string of the molecule is O=c1nc([O-])ccn1[C@@H]1O[C@H](CO)[C@@H](OP(=O)(O)OCC(F)F)[C@H]1O. The van der Waals surface area contributed by atoms with Gasteiger partial charge in [-0.3, -0.25) is 13.6 Å². The number of nitrogens with zero attached hydrogens (tertiary/aromatic N) is 2. The molecule has 0 saturated carbocycles. The van der Waals surface area contributed by atoms with Crippen molar-refractivity contribution in [1.29, 1.82) is 0 Å². The van der Waals surface area contributed by atoms with Crippen LogP contribution in [0.15, 0.2) is 17.1 Å². The molecule has 1 unspecified atom stereocenters. The number of phosphoric acid groups is 1. The summed E-state index contributed by atoms with van der Waals surface area (Å²) in [5, 5.41) is 30.4. The van der Waals surface area contributed by atoms with Gasteiger partial charge in [0.25, 0.3) is 6.43 Å². The van der Waals surface area contributed by atoms with E-state index >= 15 is 0 Å². The van der Waals surface area contributed by atoms with E-state index in [0.29, 0.717) is 4.57 Å². The van der Waals surface area contributed by atoms with Gasteiger partial charge in [-0.25, -0.2) is 23.1 Å². The van der Waals surface area contributed by atoms with Crippen LogP contribution in [-0.4, -0.2) is 62.6 Å². The third kappa shape index (κ3) is 4.79. The highest BCUT2D eigenvalue weighted by molar-refractivity contribution is 7.47. The van der Waals surface area contributed by atoms with Crippen molar-refractivity contribution in [2.24, 2.45) is 0 Å². The Morgan fingerprint density at radius 1 is 1.52 bits per heavy atom. The summed E-state index contributed by atoms with van der Waals surface area (Å²) in [6.07, 6.45) is -8.40. The van der Waals surface area contributed by atoms with Crippen LogP contribution < -0.4 is 10.8 Å². The van der Waals surface area contributed by atoms with Gasteiger partial charge in [0.1, 0.15) is 24.9 Å². The van der Waals surface area contributed by atoms with Gasteiger partial charge >= 0.3 is 13.5 Å². The van der Waals surface area contributed by atoms with Gasteiger partial charge < -0.3 is 24.9 Å². The Morgan fingerprint density at radius 3 is 2.76 bits per heavy atom. The lowest BCUT2D eigenvalue weighted by atomic mass is 10.1. The normalized spacial score (nSPS) is 29.0. The lowest BCUT2D eigenvalue weighted by Crippen LogP contribution is -2.37. The second-order valence-electron chi connectivity index (χ2n) is 4.92. The Hall–Kier alpha value is -1.47. The molecule has 0 bridgehead atoms. The van der Waals surface area contributed by atoms with Crippen molar-refractivity contribution >= 4 is 7.82 Å². The maximum Gasteiger partial charge on any atom is 0.472 e. The topological polar surface area (TPSA) is 163 Å². The number of hydrogen-bond donors (Lipinski definition) is 3. The minimum Gasteiger partial charge on any atom is -0.858 e. The molecule has 0 amide bonds. The molecular weight excluding hydrogens is 373 g/mol. The summed E-state index contributed by atoms with van der Waals surface area (Å²) < 4.78 is 50.3. The van der Waals surface area contributed by atoms with Crippen LogP contribution in [0.3, 0.4) is 0 Å². The van der Waals surface area contributed by atoms with Crippen LogP contribution in [-0.2, 0) is 18.3 Å². The lowest BCUT2D eigenvalue weighted by molar-refractivity contribution is -0.275. The maximum absolute atomic E-state index is 12.1. The Bertz CT molecular complexity index is 702. The molecule has 14 heteroatoms. The van der Waals surface area contributed by atoms with E-state index in [0.717, 1.165) is 12.3 Å². The number of phosphoric ester groups is 1. The van der Waals surface area contributed by atoms with Crippen LogP contribution in [0.1, 0.15) is 6.23 Å². The fourth-order valence-corrected chi connectivity index (χ4v) is 3.08. The molecule has 1 aromatic rings. The summed E-state index contributed by atoms with van der Waals surface area (Å²) in [6, 6.07) is 0.905. The quantitative estimate of drug-likeness (QED) is 0.461. The third-order valence-corrected chi connectivity index (χ3v) is 4.17. The number of aromatic nitrogens is 2. The third-order valence-electron chi connectivity index (χ3n) is 3.19. The van der Waals surface area contributed by atoms with Gasteiger partial charge in [-0.15, -0.1) is 0 Å². The molecule has 1 aromatic heterocycles. The summed E-state index contributed by atoms with van der Waals surface area (Å²) in [4.78, 5) is 24.2. The summed E-state index contributed by atoms with van der Waals surface area (Å²) in [5.41, 5.74) is -1.07. The largest absolute Gasteiger partial charge is 0.858 e. The van der Waals surface area contributed by atoms with Crippen LogP contribution in [0.4, 0.5) is 8.78 Å². The van der Waals surface area contributed by atoms with Crippen LogP contribution in [0.2, 0.25) is 0 Å². The van der Waals surface area contributed by atoms with Crippen LogP contribution in [0.25, 0.3) is 0 Å². The first-order valence-corrected chi connectivity index (χ1v) is 8.28.